The van der Waals surface area contributed by atoms with E-state index >= 15 is 0 Å². The van der Waals surface area contributed by atoms with Crippen LogP contribution in [0.5, 0.6) is 0 Å². The lowest BCUT2D eigenvalue weighted by Gasteiger charge is -2.20. The third-order valence-electron chi connectivity index (χ3n) is 5.19. The van der Waals surface area contributed by atoms with Crippen LogP contribution in [0.4, 0.5) is 0 Å². The van der Waals surface area contributed by atoms with Crippen molar-refractivity contribution in [1.82, 2.24) is 19.7 Å². The molecule has 0 saturated carbocycles. The van der Waals surface area contributed by atoms with Crippen molar-refractivity contribution < 1.29 is 0 Å². The number of hydrogen-bond acceptors (Lipinski definition) is 3. The molecule has 1 saturated heterocycles. The Balaban J connectivity index is 2.02. The van der Waals surface area contributed by atoms with Gasteiger partial charge in [0.15, 0.2) is 0 Å². The van der Waals surface area contributed by atoms with E-state index in [1.807, 2.05) is 11.7 Å². The molecular formula is C16H22N4O. The van der Waals surface area contributed by atoms with Crippen molar-refractivity contribution in [1.29, 1.82) is 0 Å². The largest absolute Gasteiger partial charge is 0.307 e. The Morgan fingerprint density at radius 3 is 2.62 bits per heavy atom. The zero-order valence-electron chi connectivity index (χ0n) is 12.8. The zero-order chi connectivity index (χ0) is 14.6. The first-order valence-electron chi connectivity index (χ1n) is 7.97. The molecular weight excluding hydrogens is 264 g/mol. The van der Waals surface area contributed by atoms with Gasteiger partial charge in [0.25, 0.3) is 5.56 Å². The topological polar surface area (TPSA) is 53.9 Å². The van der Waals surface area contributed by atoms with Crippen LogP contribution in [0, 0.1) is 0 Å². The standard InChI is InChI=1S/C16H22N4O/c1-19-9-5-8-12(19)14-13-10-6-3-4-7-11(10)16(21)17-15(13)20(2)18-14/h12H,3-9H2,1-2H3,(H,17,21)/t12-/m1/s1. The van der Waals surface area contributed by atoms with E-state index in [9.17, 15) is 4.79 Å². The van der Waals surface area contributed by atoms with E-state index in [1.165, 1.54) is 29.5 Å². The van der Waals surface area contributed by atoms with Crippen LogP contribution in [0.1, 0.15) is 48.5 Å². The van der Waals surface area contributed by atoms with Gasteiger partial charge >= 0.3 is 0 Å². The van der Waals surface area contributed by atoms with E-state index in [1.54, 1.807) is 0 Å². The van der Waals surface area contributed by atoms with E-state index < -0.39 is 0 Å². The number of aryl methyl sites for hydroxylation is 2. The second-order valence-electron chi connectivity index (χ2n) is 6.49. The molecule has 2 aromatic heterocycles. The molecule has 0 unspecified atom stereocenters. The molecule has 1 aliphatic heterocycles. The van der Waals surface area contributed by atoms with Gasteiger partial charge in [-0.1, -0.05) is 0 Å². The first kappa shape index (κ1) is 13.1. The van der Waals surface area contributed by atoms with Crippen LogP contribution in [0.25, 0.3) is 11.0 Å². The van der Waals surface area contributed by atoms with Crippen LogP contribution in [0.15, 0.2) is 4.79 Å². The quantitative estimate of drug-likeness (QED) is 0.871. The van der Waals surface area contributed by atoms with E-state index in [0.717, 1.165) is 43.4 Å². The first-order valence-corrected chi connectivity index (χ1v) is 7.97. The Morgan fingerprint density at radius 1 is 1.14 bits per heavy atom. The molecule has 3 heterocycles. The molecule has 1 N–H and O–H groups in total. The molecule has 0 amide bonds. The summed E-state index contributed by atoms with van der Waals surface area (Å²) in [6.07, 6.45) is 6.63. The van der Waals surface area contributed by atoms with Crippen molar-refractivity contribution in [2.75, 3.05) is 13.6 Å². The maximum atomic E-state index is 12.3. The molecule has 5 nitrogen and oxygen atoms in total. The molecule has 2 aliphatic rings. The molecule has 112 valence electrons. The van der Waals surface area contributed by atoms with Crippen LogP contribution in [-0.2, 0) is 19.9 Å². The number of aromatic nitrogens is 3. The lowest BCUT2D eigenvalue weighted by molar-refractivity contribution is 0.312. The van der Waals surface area contributed by atoms with Gasteiger partial charge in [0.1, 0.15) is 5.65 Å². The predicted molar refractivity (Wildman–Crippen MR) is 82.6 cm³/mol. The fourth-order valence-electron chi connectivity index (χ4n) is 4.09. The third kappa shape index (κ3) is 1.87. The minimum atomic E-state index is 0.0894. The van der Waals surface area contributed by atoms with Gasteiger partial charge in [-0.15, -0.1) is 0 Å². The molecule has 1 fully saturated rings. The van der Waals surface area contributed by atoms with Gasteiger partial charge < -0.3 is 4.98 Å². The van der Waals surface area contributed by atoms with E-state index in [2.05, 4.69) is 16.9 Å². The number of nitrogens with zero attached hydrogens (tertiary/aromatic N) is 3. The number of H-pyrrole nitrogens is 1. The summed E-state index contributed by atoms with van der Waals surface area (Å²) in [5, 5.41) is 6.00. The third-order valence-corrected chi connectivity index (χ3v) is 5.19. The minimum Gasteiger partial charge on any atom is -0.307 e. The molecule has 0 spiro atoms. The molecule has 0 radical (unpaired) electrons. The van der Waals surface area contributed by atoms with Gasteiger partial charge in [-0.3, -0.25) is 14.4 Å². The predicted octanol–water partition coefficient (Wildman–Crippen LogP) is 1.91. The average molecular weight is 286 g/mol. The summed E-state index contributed by atoms with van der Waals surface area (Å²) in [6.45, 7) is 1.13. The average Bonchev–Trinajstić information content (AvgIpc) is 3.04. The number of pyridine rings is 1. The van der Waals surface area contributed by atoms with Crippen molar-refractivity contribution in [3.8, 4) is 0 Å². The summed E-state index contributed by atoms with van der Waals surface area (Å²) in [5.74, 6) is 0. The Labute approximate surface area is 123 Å². The minimum absolute atomic E-state index is 0.0894. The molecule has 21 heavy (non-hydrogen) atoms. The Morgan fingerprint density at radius 2 is 1.90 bits per heavy atom. The molecule has 5 heteroatoms. The maximum Gasteiger partial charge on any atom is 0.253 e. The molecule has 0 bridgehead atoms. The van der Waals surface area contributed by atoms with E-state index in [0.29, 0.717) is 6.04 Å². The number of likely N-dealkylation sites (tertiary alicyclic amines) is 1. The van der Waals surface area contributed by atoms with Crippen molar-refractivity contribution in [3.05, 3.63) is 27.2 Å². The van der Waals surface area contributed by atoms with Crippen LogP contribution in [0.2, 0.25) is 0 Å². The van der Waals surface area contributed by atoms with Gasteiger partial charge in [0, 0.05) is 18.0 Å². The molecule has 0 aromatic carbocycles. The summed E-state index contributed by atoms with van der Waals surface area (Å²) in [5.41, 5.74) is 4.43. The Hall–Kier alpha value is -1.62. The lowest BCUT2D eigenvalue weighted by Crippen LogP contribution is -2.21. The Kier molecular flexibility index (Phi) is 2.92. The second-order valence-corrected chi connectivity index (χ2v) is 6.49. The summed E-state index contributed by atoms with van der Waals surface area (Å²) in [4.78, 5) is 17.8. The SMILES string of the molecule is CN1CCC[C@@H]1c1nn(C)c2[nH]c(=O)c3c(c12)CCCC3. The van der Waals surface area contributed by atoms with E-state index in [-0.39, 0.29) is 5.56 Å². The molecule has 1 aliphatic carbocycles. The number of nitrogens with one attached hydrogen (secondary N) is 1. The Bertz CT molecular complexity index is 758. The highest BCUT2D eigenvalue weighted by Crippen LogP contribution is 2.36. The smallest absolute Gasteiger partial charge is 0.253 e. The number of rotatable bonds is 1. The first-order chi connectivity index (χ1) is 10.2. The van der Waals surface area contributed by atoms with Crippen LogP contribution in [-0.4, -0.2) is 33.3 Å². The highest BCUT2D eigenvalue weighted by Gasteiger charge is 2.30. The monoisotopic (exact) mass is 286 g/mol. The van der Waals surface area contributed by atoms with Gasteiger partial charge in [0.05, 0.1) is 11.7 Å². The fraction of sp³-hybridized carbons (Fsp3) is 0.625. The lowest BCUT2D eigenvalue weighted by atomic mass is 9.89. The van der Waals surface area contributed by atoms with Crippen LogP contribution < -0.4 is 5.56 Å². The highest BCUT2D eigenvalue weighted by atomic mass is 16.1. The van der Waals surface area contributed by atoms with Crippen molar-refractivity contribution in [3.63, 3.8) is 0 Å². The number of hydrogen-bond donors (Lipinski definition) is 1. The van der Waals surface area contributed by atoms with Gasteiger partial charge in [0.2, 0.25) is 0 Å². The van der Waals surface area contributed by atoms with Gasteiger partial charge in [-0.05, 0) is 57.7 Å². The highest BCUT2D eigenvalue weighted by molar-refractivity contribution is 5.84. The summed E-state index contributed by atoms with van der Waals surface area (Å²) >= 11 is 0. The second kappa shape index (κ2) is 4.70. The normalized spacial score (nSPS) is 22.9. The number of aromatic amines is 1. The van der Waals surface area contributed by atoms with Crippen molar-refractivity contribution >= 4 is 11.0 Å². The number of fused-ring (bicyclic) bond motifs is 3. The molecule has 4 rings (SSSR count). The summed E-state index contributed by atoms with van der Waals surface area (Å²) < 4.78 is 1.85. The van der Waals surface area contributed by atoms with E-state index in [4.69, 9.17) is 5.10 Å². The summed E-state index contributed by atoms with van der Waals surface area (Å²) in [7, 11) is 4.11. The molecule has 2 aromatic rings. The van der Waals surface area contributed by atoms with Crippen molar-refractivity contribution in [2.24, 2.45) is 7.05 Å². The zero-order valence-corrected chi connectivity index (χ0v) is 12.8. The maximum absolute atomic E-state index is 12.3. The summed E-state index contributed by atoms with van der Waals surface area (Å²) in [6, 6.07) is 0.394. The fourth-order valence-corrected chi connectivity index (χ4v) is 4.09. The van der Waals surface area contributed by atoms with Crippen molar-refractivity contribution in [2.45, 2.75) is 44.6 Å². The molecule has 1 atom stereocenters. The van der Waals surface area contributed by atoms with Crippen LogP contribution in [0.3, 0.4) is 0 Å². The van der Waals surface area contributed by atoms with Crippen LogP contribution >= 0.6 is 0 Å². The van der Waals surface area contributed by atoms with Gasteiger partial charge in [-0.2, -0.15) is 5.10 Å². The van der Waals surface area contributed by atoms with Gasteiger partial charge in [-0.25, -0.2) is 0 Å².